The van der Waals surface area contributed by atoms with E-state index in [9.17, 15) is 10.2 Å². The Bertz CT molecular complexity index is 614. The quantitative estimate of drug-likeness (QED) is 0.383. The predicted molar refractivity (Wildman–Crippen MR) is 119 cm³/mol. The fraction of sp³-hybridized carbons (Fsp3) is 0.296. The second-order valence-corrected chi connectivity index (χ2v) is 6.59. The van der Waals surface area contributed by atoms with Crippen molar-refractivity contribution in [3.05, 3.63) is 114 Å². The van der Waals surface area contributed by atoms with E-state index in [4.69, 9.17) is 0 Å². The number of rotatable bonds is 7. The van der Waals surface area contributed by atoms with Gasteiger partial charge >= 0.3 is 17.4 Å². The van der Waals surface area contributed by atoms with E-state index in [0.29, 0.717) is 0 Å². The van der Waals surface area contributed by atoms with E-state index in [2.05, 4.69) is 91.0 Å². The van der Waals surface area contributed by atoms with Gasteiger partial charge in [-0.1, -0.05) is 153 Å². The zero-order chi connectivity index (χ0) is 21.2. The van der Waals surface area contributed by atoms with Crippen LogP contribution in [0.1, 0.15) is 56.2 Å². The van der Waals surface area contributed by atoms with Crippen LogP contribution >= 0.6 is 0 Å². The Hall–Kier alpha value is -2.02. The second kappa shape index (κ2) is 19.0. The smallest absolute Gasteiger partial charge is 0.854 e. The first kappa shape index (κ1) is 28.0. The minimum atomic E-state index is 0. The fourth-order valence-corrected chi connectivity index (χ4v) is 2.60. The van der Waals surface area contributed by atoms with Gasteiger partial charge in [-0.3, -0.25) is 0 Å². The zero-order valence-electron chi connectivity index (χ0n) is 18.1. The summed E-state index contributed by atoms with van der Waals surface area (Å²) in [4.78, 5) is 0. The van der Waals surface area contributed by atoms with E-state index in [1.54, 1.807) is 0 Å². The molecule has 0 N–H and O–H groups in total. The number of hydrogen-bond donors (Lipinski definition) is 0. The first-order valence-corrected chi connectivity index (χ1v) is 10.5. The third-order valence-corrected chi connectivity index (χ3v) is 4.18. The van der Waals surface area contributed by atoms with E-state index < -0.39 is 0 Å². The Morgan fingerprint density at radius 3 is 0.967 bits per heavy atom. The summed E-state index contributed by atoms with van der Waals surface area (Å²) in [5.41, 5.74) is 3.75. The van der Waals surface area contributed by atoms with Gasteiger partial charge in [0, 0.05) is 0 Å². The first-order valence-electron chi connectivity index (χ1n) is 10.5. The Balaban J connectivity index is 0.000000646. The average Bonchev–Trinajstić information content (AvgIpc) is 2.78. The maximum absolute atomic E-state index is 9.53. The molecule has 0 amide bonds. The standard InChI is InChI=1S/C19H15.2C4H9O.Cr/c1-4-10-16(11-5-1)19(17-12-6-2-7-13-17)18-14-8-3-9-15-18;2*1-2-3-4-5;/h1-15H;2*2-4H2,1H3;/q3*-1;+3. The molecule has 30 heavy (non-hydrogen) atoms. The number of hydrogen-bond acceptors (Lipinski definition) is 2. The molecule has 0 atom stereocenters. The molecule has 0 unspecified atom stereocenters. The summed E-state index contributed by atoms with van der Waals surface area (Å²) in [7, 11) is 0. The van der Waals surface area contributed by atoms with Crippen molar-refractivity contribution >= 4 is 0 Å². The van der Waals surface area contributed by atoms with Gasteiger partial charge < -0.3 is 10.2 Å². The molecule has 0 aromatic heterocycles. The summed E-state index contributed by atoms with van der Waals surface area (Å²) in [6.07, 6.45) is 3.73. The van der Waals surface area contributed by atoms with E-state index in [1.807, 2.05) is 13.8 Å². The largest absolute Gasteiger partial charge is 3.00 e. The van der Waals surface area contributed by atoms with Gasteiger partial charge in [-0.05, 0) is 0 Å². The molecule has 3 heteroatoms. The molecule has 0 aliphatic rings. The van der Waals surface area contributed by atoms with Crippen LogP contribution in [0.4, 0.5) is 0 Å². The normalized spacial score (nSPS) is 9.20. The third-order valence-electron chi connectivity index (χ3n) is 4.18. The molecule has 0 spiro atoms. The van der Waals surface area contributed by atoms with Crippen molar-refractivity contribution in [2.24, 2.45) is 0 Å². The summed E-state index contributed by atoms with van der Waals surface area (Å²) >= 11 is 0. The van der Waals surface area contributed by atoms with Gasteiger partial charge in [-0.15, -0.1) is 13.2 Å². The van der Waals surface area contributed by atoms with Gasteiger partial charge in [0.25, 0.3) is 0 Å². The van der Waals surface area contributed by atoms with Crippen molar-refractivity contribution < 1.29 is 27.6 Å². The molecular weight excluding hydrogens is 408 g/mol. The molecule has 1 radical (unpaired) electrons. The van der Waals surface area contributed by atoms with Crippen LogP contribution in [0.5, 0.6) is 0 Å². The van der Waals surface area contributed by atoms with Crippen LogP contribution in [0.15, 0.2) is 91.0 Å². The van der Waals surface area contributed by atoms with Gasteiger partial charge in [0.05, 0.1) is 0 Å². The summed E-state index contributed by atoms with van der Waals surface area (Å²) in [6, 6.07) is 31.6. The van der Waals surface area contributed by atoms with Crippen LogP contribution < -0.4 is 10.2 Å². The van der Waals surface area contributed by atoms with Crippen LogP contribution in [0.25, 0.3) is 0 Å². The predicted octanol–water partition coefficient (Wildman–Crippen LogP) is 5.00. The number of unbranched alkanes of at least 4 members (excludes halogenated alkanes) is 2. The molecule has 3 rings (SSSR count). The maximum atomic E-state index is 9.53. The zero-order valence-corrected chi connectivity index (χ0v) is 19.4. The summed E-state index contributed by atoms with van der Waals surface area (Å²) in [5.74, 6) is 1.28. The van der Waals surface area contributed by atoms with Crippen molar-refractivity contribution in [3.63, 3.8) is 0 Å². The first-order chi connectivity index (χ1) is 14.3. The van der Waals surface area contributed by atoms with Gasteiger partial charge in [-0.25, -0.2) is 0 Å². The van der Waals surface area contributed by atoms with Crippen LogP contribution in [0.2, 0.25) is 0 Å². The van der Waals surface area contributed by atoms with Crippen LogP contribution in [-0.2, 0) is 17.4 Å². The molecule has 3 aromatic carbocycles. The second-order valence-electron chi connectivity index (χ2n) is 6.59. The Kier molecular flexibility index (Phi) is 17.7. The molecule has 0 heterocycles. The Morgan fingerprint density at radius 1 is 0.533 bits per heavy atom. The van der Waals surface area contributed by atoms with Gasteiger partial charge in [-0.2, -0.15) is 0 Å². The molecule has 159 valence electrons. The Morgan fingerprint density at radius 2 is 0.800 bits per heavy atom. The van der Waals surface area contributed by atoms with Crippen LogP contribution in [-0.4, -0.2) is 13.2 Å². The molecular formula is C27H33CrO2. The van der Waals surface area contributed by atoms with E-state index >= 15 is 0 Å². The van der Waals surface area contributed by atoms with E-state index in [-0.39, 0.29) is 30.6 Å². The van der Waals surface area contributed by atoms with Crippen molar-refractivity contribution in [3.8, 4) is 0 Å². The summed E-state index contributed by atoms with van der Waals surface area (Å²) in [6.45, 7) is 4.21. The van der Waals surface area contributed by atoms with Crippen molar-refractivity contribution in [2.75, 3.05) is 13.2 Å². The van der Waals surface area contributed by atoms with Gasteiger partial charge in [0.2, 0.25) is 0 Å². The summed E-state index contributed by atoms with van der Waals surface area (Å²) in [5, 5.41) is 19.1. The molecule has 3 aromatic rings. The topological polar surface area (TPSA) is 46.1 Å². The Labute approximate surface area is 193 Å². The summed E-state index contributed by atoms with van der Waals surface area (Å²) < 4.78 is 0. The molecule has 0 aliphatic heterocycles. The van der Waals surface area contributed by atoms with Crippen LogP contribution in [0, 0.1) is 5.92 Å². The fourth-order valence-electron chi connectivity index (χ4n) is 2.60. The average molecular weight is 442 g/mol. The molecule has 0 saturated heterocycles. The molecule has 0 bridgehead atoms. The van der Waals surface area contributed by atoms with Crippen LogP contribution in [0.3, 0.4) is 0 Å². The molecule has 2 nitrogen and oxygen atoms in total. The van der Waals surface area contributed by atoms with E-state index in [1.165, 1.54) is 22.6 Å². The van der Waals surface area contributed by atoms with Crippen molar-refractivity contribution in [1.82, 2.24) is 0 Å². The van der Waals surface area contributed by atoms with Crippen molar-refractivity contribution in [1.29, 1.82) is 0 Å². The third kappa shape index (κ3) is 11.2. The molecule has 0 fully saturated rings. The minimum Gasteiger partial charge on any atom is -0.854 e. The van der Waals surface area contributed by atoms with Gasteiger partial charge in [0.1, 0.15) is 0 Å². The monoisotopic (exact) mass is 441 g/mol. The molecule has 0 saturated carbocycles. The van der Waals surface area contributed by atoms with Gasteiger partial charge in [0.15, 0.2) is 0 Å². The minimum absolute atomic E-state index is 0. The SMILES string of the molecule is CCCC[O-].CCCC[O-].[Cr+3].c1ccc([C-](c2ccccc2)c2ccccc2)cc1. The maximum Gasteiger partial charge on any atom is 3.00 e. The number of benzene rings is 3. The van der Waals surface area contributed by atoms with E-state index in [0.717, 1.165) is 25.7 Å². The molecule has 0 aliphatic carbocycles. The van der Waals surface area contributed by atoms with Crippen molar-refractivity contribution in [2.45, 2.75) is 39.5 Å².